The number of esters is 1. The second-order valence-electron chi connectivity index (χ2n) is 6.50. The van der Waals surface area contributed by atoms with Crippen LogP contribution < -0.4 is 5.32 Å². The van der Waals surface area contributed by atoms with Crippen LogP contribution in [0.4, 0.5) is 5.69 Å². The number of halogens is 1. The van der Waals surface area contributed by atoms with Crippen molar-refractivity contribution in [1.29, 1.82) is 0 Å². The minimum absolute atomic E-state index is 0.129. The Morgan fingerprint density at radius 1 is 1.17 bits per heavy atom. The summed E-state index contributed by atoms with van der Waals surface area (Å²) in [5.74, 6) is -1.38. The standard InChI is InChI=1S/C19H20BrN3O5S/c20-16-5-1-2-6-17(16)22-18(24)13-28-19(25)14-7-10-23(11-8-14)29(26,27)15-4-3-9-21-12-15/h1-6,9,12,14H,7-8,10-11,13H2,(H,22,24). The minimum Gasteiger partial charge on any atom is -0.455 e. The van der Waals surface area contributed by atoms with Crippen molar-refractivity contribution in [2.24, 2.45) is 5.92 Å². The first kappa shape index (κ1) is 21.4. The Labute approximate surface area is 177 Å². The molecule has 2 heterocycles. The Balaban J connectivity index is 1.48. The van der Waals surface area contributed by atoms with Gasteiger partial charge in [0.05, 0.1) is 11.6 Å². The lowest BCUT2D eigenvalue weighted by molar-refractivity contribution is -0.152. The van der Waals surface area contributed by atoms with E-state index in [4.69, 9.17) is 4.74 Å². The normalized spacial score (nSPS) is 15.6. The number of nitrogens with one attached hydrogen (secondary N) is 1. The molecule has 8 nitrogen and oxygen atoms in total. The number of hydrogen-bond acceptors (Lipinski definition) is 6. The van der Waals surface area contributed by atoms with E-state index in [-0.39, 0.29) is 18.0 Å². The molecule has 0 unspecified atom stereocenters. The first-order valence-corrected chi connectivity index (χ1v) is 11.2. The molecular formula is C19H20BrN3O5S. The van der Waals surface area contributed by atoms with Gasteiger partial charge >= 0.3 is 5.97 Å². The fraction of sp³-hybridized carbons (Fsp3) is 0.316. The van der Waals surface area contributed by atoms with Crippen molar-refractivity contribution in [2.45, 2.75) is 17.7 Å². The van der Waals surface area contributed by atoms with E-state index in [2.05, 4.69) is 26.2 Å². The molecule has 0 bridgehead atoms. The molecule has 0 atom stereocenters. The summed E-state index contributed by atoms with van der Waals surface area (Å²) in [6, 6.07) is 10.2. The number of aromatic nitrogens is 1. The number of benzene rings is 1. The summed E-state index contributed by atoms with van der Waals surface area (Å²) in [6.45, 7) is 0.0225. The molecule has 10 heteroatoms. The van der Waals surface area contributed by atoms with E-state index in [1.54, 1.807) is 24.3 Å². The molecule has 1 N–H and O–H groups in total. The molecule has 0 spiro atoms. The first-order chi connectivity index (χ1) is 13.9. The number of para-hydroxylation sites is 1. The Morgan fingerprint density at radius 3 is 2.55 bits per heavy atom. The van der Waals surface area contributed by atoms with Gasteiger partial charge in [0.25, 0.3) is 5.91 Å². The topological polar surface area (TPSA) is 106 Å². The number of carbonyl (C=O) groups is 2. The van der Waals surface area contributed by atoms with Gasteiger partial charge in [-0.3, -0.25) is 14.6 Å². The molecule has 1 amide bonds. The summed E-state index contributed by atoms with van der Waals surface area (Å²) >= 11 is 3.33. The second kappa shape index (κ2) is 9.47. The van der Waals surface area contributed by atoms with Crippen LogP contribution in [-0.2, 0) is 24.3 Å². The first-order valence-electron chi connectivity index (χ1n) is 8.99. The highest BCUT2D eigenvalue weighted by Crippen LogP contribution is 2.24. The highest BCUT2D eigenvalue weighted by Gasteiger charge is 2.33. The molecule has 3 rings (SSSR count). The average molecular weight is 482 g/mol. The number of pyridine rings is 1. The molecule has 0 radical (unpaired) electrons. The number of rotatable bonds is 6. The molecular weight excluding hydrogens is 462 g/mol. The third-order valence-corrected chi connectivity index (χ3v) is 7.13. The van der Waals surface area contributed by atoms with E-state index >= 15 is 0 Å². The van der Waals surface area contributed by atoms with Crippen molar-refractivity contribution in [3.8, 4) is 0 Å². The van der Waals surface area contributed by atoms with Gasteiger partial charge in [-0.05, 0) is 53.0 Å². The van der Waals surface area contributed by atoms with Crippen molar-refractivity contribution >= 4 is 43.5 Å². The second-order valence-corrected chi connectivity index (χ2v) is 9.30. The highest BCUT2D eigenvalue weighted by atomic mass is 79.9. The molecule has 2 aromatic rings. The zero-order chi connectivity index (χ0) is 20.9. The molecule has 154 valence electrons. The van der Waals surface area contributed by atoms with Gasteiger partial charge in [-0.2, -0.15) is 4.31 Å². The van der Waals surface area contributed by atoms with Gasteiger partial charge < -0.3 is 10.1 Å². The lowest BCUT2D eigenvalue weighted by Crippen LogP contribution is -2.41. The Kier molecular flexibility index (Phi) is 6.99. The third-order valence-electron chi connectivity index (χ3n) is 4.55. The number of carbonyl (C=O) groups excluding carboxylic acids is 2. The maximum atomic E-state index is 12.6. The molecule has 0 aliphatic carbocycles. The number of hydrogen-bond donors (Lipinski definition) is 1. The molecule has 1 aliphatic heterocycles. The van der Waals surface area contributed by atoms with Crippen molar-refractivity contribution in [3.63, 3.8) is 0 Å². The van der Waals surface area contributed by atoms with Crippen LogP contribution >= 0.6 is 15.9 Å². The Hall–Kier alpha value is -2.30. The fourth-order valence-electron chi connectivity index (χ4n) is 2.98. The van der Waals surface area contributed by atoms with Gasteiger partial charge in [0, 0.05) is 30.0 Å². The molecule has 1 aromatic heterocycles. The van der Waals surface area contributed by atoms with Crippen LogP contribution in [0.25, 0.3) is 0 Å². The lowest BCUT2D eigenvalue weighted by Gasteiger charge is -2.29. The van der Waals surface area contributed by atoms with Crippen LogP contribution in [0.2, 0.25) is 0 Å². The van der Waals surface area contributed by atoms with Crippen molar-refractivity contribution in [3.05, 3.63) is 53.3 Å². The largest absolute Gasteiger partial charge is 0.455 e. The predicted molar refractivity (Wildman–Crippen MR) is 109 cm³/mol. The van der Waals surface area contributed by atoms with E-state index < -0.39 is 34.4 Å². The maximum Gasteiger partial charge on any atom is 0.309 e. The zero-order valence-electron chi connectivity index (χ0n) is 15.5. The SMILES string of the molecule is O=C(COC(=O)C1CCN(S(=O)(=O)c2cccnc2)CC1)Nc1ccccc1Br. The summed E-state index contributed by atoms with van der Waals surface area (Å²) in [5.41, 5.74) is 0.586. The van der Waals surface area contributed by atoms with Crippen molar-refractivity contribution in [2.75, 3.05) is 25.0 Å². The van der Waals surface area contributed by atoms with Crippen LogP contribution in [0.3, 0.4) is 0 Å². The third kappa shape index (κ3) is 5.40. The van der Waals surface area contributed by atoms with Gasteiger partial charge in [-0.15, -0.1) is 0 Å². The van der Waals surface area contributed by atoms with E-state index in [0.717, 1.165) is 4.47 Å². The number of piperidine rings is 1. The zero-order valence-corrected chi connectivity index (χ0v) is 17.9. The average Bonchev–Trinajstić information content (AvgIpc) is 2.74. The highest BCUT2D eigenvalue weighted by molar-refractivity contribution is 9.10. The van der Waals surface area contributed by atoms with Crippen LogP contribution in [0.5, 0.6) is 0 Å². The van der Waals surface area contributed by atoms with Gasteiger partial charge in [-0.25, -0.2) is 8.42 Å². The molecule has 1 fully saturated rings. The molecule has 1 saturated heterocycles. The van der Waals surface area contributed by atoms with Crippen LogP contribution in [0.1, 0.15) is 12.8 Å². The molecule has 0 saturated carbocycles. The summed E-state index contributed by atoms with van der Waals surface area (Å²) in [4.78, 5) is 28.2. The van der Waals surface area contributed by atoms with Crippen molar-refractivity contribution < 1.29 is 22.7 Å². The minimum atomic E-state index is -3.63. The molecule has 29 heavy (non-hydrogen) atoms. The molecule has 1 aromatic carbocycles. The number of ether oxygens (including phenoxy) is 1. The number of amides is 1. The summed E-state index contributed by atoms with van der Waals surface area (Å²) < 4.78 is 32.4. The van der Waals surface area contributed by atoms with Crippen LogP contribution in [0.15, 0.2) is 58.2 Å². The fourth-order valence-corrected chi connectivity index (χ4v) is 4.80. The van der Waals surface area contributed by atoms with E-state index in [0.29, 0.717) is 18.5 Å². The number of sulfonamides is 1. The van der Waals surface area contributed by atoms with Gasteiger partial charge in [0.15, 0.2) is 6.61 Å². The summed E-state index contributed by atoms with van der Waals surface area (Å²) in [6.07, 6.45) is 3.49. The Morgan fingerprint density at radius 2 is 1.90 bits per heavy atom. The maximum absolute atomic E-state index is 12.6. The van der Waals surface area contributed by atoms with Crippen LogP contribution in [0, 0.1) is 5.92 Å². The number of nitrogens with zero attached hydrogens (tertiary/aromatic N) is 2. The quantitative estimate of drug-likeness (QED) is 0.635. The van der Waals surface area contributed by atoms with Crippen molar-refractivity contribution in [1.82, 2.24) is 9.29 Å². The Bertz CT molecular complexity index is 976. The lowest BCUT2D eigenvalue weighted by atomic mass is 9.98. The van der Waals surface area contributed by atoms with E-state index in [1.165, 1.54) is 22.8 Å². The molecule has 1 aliphatic rings. The van der Waals surface area contributed by atoms with Gasteiger partial charge in [-0.1, -0.05) is 12.1 Å². The summed E-state index contributed by atoms with van der Waals surface area (Å²) in [5, 5.41) is 2.66. The predicted octanol–water partition coefficient (Wildman–Crippen LogP) is 2.43. The van der Waals surface area contributed by atoms with Crippen LogP contribution in [-0.4, -0.2) is 49.3 Å². The van der Waals surface area contributed by atoms with E-state index in [9.17, 15) is 18.0 Å². The van der Waals surface area contributed by atoms with Gasteiger partial charge in [0.1, 0.15) is 4.90 Å². The number of anilines is 1. The van der Waals surface area contributed by atoms with Gasteiger partial charge in [0.2, 0.25) is 10.0 Å². The summed E-state index contributed by atoms with van der Waals surface area (Å²) in [7, 11) is -3.63. The smallest absolute Gasteiger partial charge is 0.309 e. The monoisotopic (exact) mass is 481 g/mol. The van der Waals surface area contributed by atoms with E-state index in [1.807, 2.05) is 6.07 Å².